The van der Waals surface area contributed by atoms with E-state index in [1.165, 1.54) is 43.4 Å². The fraction of sp³-hybridized carbons (Fsp3) is 0.174. The van der Waals surface area contributed by atoms with Gasteiger partial charge in [0.05, 0.1) is 18.5 Å². The number of primary amides is 1. The average Bonchev–Trinajstić information content (AvgIpc) is 3.45. The number of hydrogen-bond donors (Lipinski definition) is 1. The fourth-order valence-electron chi connectivity index (χ4n) is 3.48. The van der Waals surface area contributed by atoms with Crippen LogP contribution in [0.4, 0.5) is 14.9 Å². The van der Waals surface area contributed by atoms with Gasteiger partial charge in [-0.15, -0.1) is 0 Å². The monoisotopic (exact) mass is 516 g/mol. The van der Waals surface area contributed by atoms with Gasteiger partial charge in [-0.1, -0.05) is 0 Å². The number of hydrogen-bond acceptors (Lipinski definition) is 8. The number of fused-ring (bicyclic) bond motifs is 1. The summed E-state index contributed by atoms with van der Waals surface area (Å²) in [6, 6.07) is 9.61. The lowest BCUT2D eigenvalue weighted by Crippen LogP contribution is -2.25. The van der Waals surface area contributed by atoms with E-state index in [1.807, 2.05) is 0 Å². The van der Waals surface area contributed by atoms with Crippen molar-refractivity contribution in [1.29, 1.82) is 0 Å². The second kappa shape index (κ2) is 9.70. The fourth-order valence-corrected chi connectivity index (χ4v) is 3.98. The lowest BCUT2D eigenvalue weighted by Gasteiger charge is -2.20. The highest BCUT2D eigenvalue weighted by molar-refractivity contribution is 7.92. The number of esters is 1. The Morgan fingerprint density at radius 1 is 1.22 bits per heavy atom. The van der Waals surface area contributed by atoms with Gasteiger partial charge in [0.1, 0.15) is 35.1 Å². The highest BCUT2D eigenvalue weighted by Crippen LogP contribution is 2.41. The minimum absolute atomic E-state index is 0.0297. The molecule has 11 nitrogen and oxygen atoms in total. The molecule has 0 saturated heterocycles. The zero-order valence-electron chi connectivity index (χ0n) is 19.2. The van der Waals surface area contributed by atoms with Gasteiger partial charge < -0.3 is 19.6 Å². The van der Waals surface area contributed by atoms with Crippen molar-refractivity contribution in [2.45, 2.75) is 6.54 Å². The van der Waals surface area contributed by atoms with Crippen LogP contribution in [0.2, 0.25) is 0 Å². The third-order valence-electron chi connectivity index (χ3n) is 5.25. The number of carbonyl (C=O) groups is 2. The van der Waals surface area contributed by atoms with Gasteiger partial charge in [0.2, 0.25) is 10.0 Å². The maximum atomic E-state index is 13.5. The Balaban J connectivity index is 1.88. The second-order valence-electron chi connectivity index (χ2n) is 7.69. The van der Waals surface area contributed by atoms with Crippen molar-refractivity contribution in [3.05, 3.63) is 66.2 Å². The SMILES string of the molecule is CN(c1cc2oc(-c3ccc(F)cc3)c(C(=O)OC(N)=O)c2cc1OCCn1cccn1)S(C)(=O)=O. The van der Waals surface area contributed by atoms with Crippen molar-refractivity contribution in [2.75, 3.05) is 24.2 Å². The molecule has 0 radical (unpaired) electrons. The largest absolute Gasteiger partial charge is 0.489 e. The van der Waals surface area contributed by atoms with Crippen molar-refractivity contribution >= 4 is 38.7 Å². The maximum Gasteiger partial charge on any atom is 0.412 e. The van der Waals surface area contributed by atoms with Crippen LogP contribution in [-0.2, 0) is 21.3 Å². The number of benzene rings is 2. The van der Waals surface area contributed by atoms with Crippen LogP contribution in [-0.4, -0.2) is 50.2 Å². The molecule has 2 aromatic heterocycles. The summed E-state index contributed by atoms with van der Waals surface area (Å²) in [4.78, 5) is 24.1. The Morgan fingerprint density at radius 3 is 2.56 bits per heavy atom. The molecule has 0 unspecified atom stereocenters. The summed E-state index contributed by atoms with van der Waals surface area (Å²) in [6.07, 6.45) is 3.03. The maximum absolute atomic E-state index is 13.5. The third kappa shape index (κ3) is 5.15. The van der Waals surface area contributed by atoms with Crippen molar-refractivity contribution < 1.29 is 36.3 Å². The Kier molecular flexibility index (Phi) is 6.66. The van der Waals surface area contributed by atoms with Crippen LogP contribution in [0.25, 0.3) is 22.3 Å². The van der Waals surface area contributed by atoms with Crippen molar-refractivity contribution in [2.24, 2.45) is 5.73 Å². The van der Waals surface area contributed by atoms with Crippen molar-refractivity contribution in [1.82, 2.24) is 9.78 Å². The quantitative estimate of drug-likeness (QED) is 0.277. The normalized spacial score (nSPS) is 11.4. The first-order chi connectivity index (χ1) is 17.0. The van der Waals surface area contributed by atoms with Crippen LogP contribution in [0.5, 0.6) is 5.75 Å². The van der Waals surface area contributed by atoms with Gasteiger partial charge in [-0.2, -0.15) is 5.10 Å². The molecule has 0 aliphatic carbocycles. The molecule has 2 aromatic carbocycles. The first kappa shape index (κ1) is 24.7. The Bertz CT molecular complexity index is 1530. The Labute approximate surface area is 204 Å². The lowest BCUT2D eigenvalue weighted by molar-refractivity contribution is 0.0640. The molecule has 36 heavy (non-hydrogen) atoms. The summed E-state index contributed by atoms with van der Waals surface area (Å²) in [6.45, 7) is 0.470. The van der Waals surface area contributed by atoms with Crippen molar-refractivity contribution in [3.8, 4) is 17.1 Å². The molecule has 2 N–H and O–H groups in total. The summed E-state index contributed by atoms with van der Waals surface area (Å²) in [5, 5.41) is 4.25. The number of ether oxygens (including phenoxy) is 2. The van der Waals surface area contributed by atoms with Crippen LogP contribution >= 0.6 is 0 Å². The van der Waals surface area contributed by atoms with Crippen LogP contribution in [0.15, 0.2) is 59.3 Å². The van der Waals surface area contributed by atoms with E-state index in [0.717, 1.165) is 10.6 Å². The number of anilines is 1. The van der Waals surface area contributed by atoms with E-state index >= 15 is 0 Å². The average molecular weight is 517 g/mol. The van der Waals surface area contributed by atoms with Gasteiger partial charge in [0.15, 0.2) is 0 Å². The highest BCUT2D eigenvalue weighted by Gasteiger charge is 2.28. The lowest BCUT2D eigenvalue weighted by atomic mass is 10.0. The molecule has 2 heterocycles. The van der Waals surface area contributed by atoms with Gasteiger partial charge in [0, 0.05) is 36.5 Å². The summed E-state index contributed by atoms with van der Waals surface area (Å²) in [5.41, 5.74) is 5.41. The molecule has 0 atom stereocenters. The summed E-state index contributed by atoms with van der Waals surface area (Å²) >= 11 is 0. The number of nitrogens with two attached hydrogens (primary N) is 1. The molecule has 1 amide bonds. The van der Waals surface area contributed by atoms with Gasteiger partial charge in [-0.3, -0.25) is 8.99 Å². The Morgan fingerprint density at radius 2 is 1.94 bits per heavy atom. The van der Waals surface area contributed by atoms with E-state index in [0.29, 0.717) is 12.1 Å². The van der Waals surface area contributed by atoms with Crippen LogP contribution < -0.4 is 14.8 Å². The predicted molar refractivity (Wildman–Crippen MR) is 128 cm³/mol. The van der Waals surface area contributed by atoms with Gasteiger partial charge >= 0.3 is 12.1 Å². The molecule has 4 rings (SSSR count). The molecule has 0 fully saturated rings. The molecule has 0 saturated carbocycles. The number of nitrogens with zero attached hydrogens (tertiary/aromatic N) is 3. The third-order valence-corrected chi connectivity index (χ3v) is 6.44. The van der Waals surface area contributed by atoms with Crippen molar-refractivity contribution in [3.63, 3.8) is 0 Å². The summed E-state index contributed by atoms with van der Waals surface area (Å²) < 4.78 is 57.1. The first-order valence-electron chi connectivity index (χ1n) is 10.5. The Hall–Kier alpha value is -4.39. The number of amides is 1. The summed E-state index contributed by atoms with van der Waals surface area (Å²) in [7, 11) is -2.37. The molecular formula is C23H21FN4O7S. The first-order valence-corrected chi connectivity index (χ1v) is 12.3. The van der Waals surface area contributed by atoms with E-state index in [-0.39, 0.29) is 40.3 Å². The highest BCUT2D eigenvalue weighted by atomic mass is 32.2. The molecule has 0 bridgehead atoms. The van der Waals surface area contributed by atoms with E-state index < -0.39 is 27.9 Å². The zero-order chi connectivity index (χ0) is 26.0. The second-order valence-corrected chi connectivity index (χ2v) is 9.70. The number of halogens is 1. The molecule has 0 aliphatic heterocycles. The number of furan rings is 1. The standard InChI is InChI=1S/C23H21FN4O7S/c1-27(36(2,31)32)17-13-18-16(12-19(17)33-11-10-28-9-3-8-26-28)20(22(29)35-23(25)30)21(34-18)14-4-6-15(24)7-5-14/h3-9,12-13H,10-11H2,1-2H3,(H2,25,30). The van der Waals surface area contributed by atoms with Crippen LogP contribution in [0.1, 0.15) is 10.4 Å². The molecule has 13 heteroatoms. The topological polar surface area (TPSA) is 147 Å². The smallest absolute Gasteiger partial charge is 0.412 e. The van der Waals surface area contributed by atoms with Crippen LogP contribution in [0.3, 0.4) is 0 Å². The molecular weight excluding hydrogens is 495 g/mol. The number of carbonyl (C=O) groups excluding carboxylic acids is 2. The molecule has 0 aliphatic rings. The minimum Gasteiger partial charge on any atom is -0.489 e. The van der Waals surface area contributed by atoms with Gasteiger partial charge in [0.25, 0.3) is 0 Å². The number of sulfonamides is 1. The predicted octanol–water partition coefficient (Wildman–Crippen LogP) is 3.15. The van der Waals surface area contributed by atoms with E-state index in [4.69, 9.17) is 14.9 Å². The van der Waals surface area contributed by atoms with E-state index in [1.54, 1.807) is 23.1 Å². The van der Waals surface area contributed by atoms with Gasteiger partial charge in [-0.25, -0.2) is 22.4 Å². The van der Waals surface area contributed by atoms with E-state index in [9.17, 15) is 22.4 Å². The number of aromatic nitrogens is 2. The minimum atomic E-state index is -3.71. The van der Waals surface area contributed by atoms with Gasteiger partial charge in [-0.05, 0) is 36.4 Å². The summed E-state index contributed by atoms with van der Waals surface area (Å²) in [5.74, 6) is -1.53. The molecule has 0 spiro atoms. The van der Waals surface area contributed by atoms with E-state index in [2.05, 4.69) is 9.84 Å². The zero-order valence-corrected chi connectivity index (χ0v) is 20.0. The molecule has 188 valence electrons. The van der Waals surface area contributed by atoms with Crippen LogP contribution in [0, 0.1) is 5.82 Å². The molecule has 4 aromatic rings. The number of rotatable bonds is 8.